The standard InChI is InChI=1S/C20H32N2O5S/c1-14(18(23)21-20(5,6)13-19(2,3)4)22(28(7,24)25)15-8-9-16-17(12-15)27-11-10-26-16/h8-9,12,14H,10-11,13H2,1-7H3,(H,21,23)/t14-/m1/s1. The van der Waals surface area contributed by atoms with Crippen LogP contribution in [-0.4, -0.2) is 45.4 Å². The van der Waals surface area contributed by atoms with Crippen molar-refractivity contribution in [1.82, 2.24) is 5.32 Å². The number of fused-ring (bicyclic) bond motifs is 1. The monoisotopic (exact) mass is 412 g/mol. The van der Waals surface area contributed by atoms with Crippen LogP contribution in [0, 0.1) is 5.41 Å². The lowest BCUT2D eigenvalue weighted by atomic mass is 9.81. The topological polar surface area (TPSA) is 84.9 Å². The van der Waals surface area contributed by atoms with Crippen LogP contribution in [0.5, 0.6) is 11.5 Å². The van der Waals surface area contributed by atoms with E-state index < -0.39 is 21.6 Å². The van der Waals surface area contributed by atoms with Gasteiger partial charge >= 0.3 is 0 Å². The van der Waals surface area contributed by atoms with Gasteiger partial charge in [-0.15, -0.1) is 0 Å². The molecule has 1 aliphatic rings. The van der Waals surface area contributed by atoms with E-state index in [1.54, 1.807) is 25.1 Å². The van der Waals surface area contributed by atoms with Crippen LogP contribution in [0.3, 0.4) is 0 Å². The third-order valence-electron chi connectivity index (χ3n) is 4.30. The summed E-state index contributed by atoms with van der Waals surface area (Å²) in [5, 5.41) is 3.00. The number of carbonyl (C=O) groups is 1. The van der Waals surface area contributed by atoms with Crippen LogP contribution in [0.4, 0.5) is 5.69 Å². The largest absolute Gasteiger partial charge is 0.486 e. The first kappa shape index (κ1) is 22.3. The lowest BCUT2D eigenvalue weighted by Crippen LogP contribution is -2.54. The SMILES string of the molecule is C[C@H](C(=O)NC(C)(C)CC(C)(C)C)N(c1ccc2c(c1)OCCO2)S(C)(=O)=O. The Labute approximate surface area is 168 Å². The summed E-state index contributed by atoms with van der Waals surface area (Å²) in [5.41, 5.74) is -0.0885. The number of carbonyl (C=O) groups excluding carboxylic acids is 1. The molecule has 8 heteroatoms. The van der Waals surface area contributed by atoms with E-state index in [0.717, 1.165) is 17.0 Å². The molecule has 1 atom stereocenters. The molecule has 0 fully saturated rings. The van der Waals surface area contributed by atoms with E-state index >= 15 is 0 Å². The number of nitrogens with one attached hydrogen (secondary N) is 1. The average Bonchev–Trinajstić information content (AvgIpc) is 2.50. The number of hydrogen-bond donors (Lipinski definition) is 1. The molecule has 1 aromatic carbocycles. The fourth-order valence-electron chi connectivity index (χ4n) is 3.79. The zero-order chi connectivity index (χ0) is 21.3. The number of rotatable bonds is 6. The Morgan fingerprint density at radius 3 is 2.25 bits per heavy atom. The van der Waals surface area contributed by atoms with Gasteiger partial charge < -0.3 is 14.8 Å². The Balaban J connectivity index is 2.29. The Kier molecular flexibility index (Phi) is 6.23. The van der Waals surface area contributed by atoms with Crippen molar-refractivity contribution in [2.75, 3.05) is 23.8 Å². The minimum Gasteiger partial charge on any atom is -0.486 e. The lowest BCUT2D eigenvalue weighted by Gasteiger charge is -2.36. The zero-order valence-electron chi connectivity index (χ0n) is 17.8. The van der Waals surface area contributed by atoms with Crippen LogP contribution in [0.25, 0.3) is 0 Å². The van der Waals surface area contributed by atoms with E-state index in [1.807, 2.05) is 13.8 Å². The van der Waals surface area contributed by atoms with Gasteiger partial charge in [-0.3, -0.25) is 9.10 Å². The van der Waals surface area contributed by atoms with Crippen LogP contribution < -0.4 is 19.1 Å². The minimum absolute atomic E-state index is 0.0202. The van der Waals surface area contributed by atoms with Crippen molar-refractivity contribution in [2.45, 2.75) is 59.5 Å². The number of anilines is 1. The molecule has 158 valence electrons. The molecule has 0 aliphatic carbocycles. The number of amides is 1. The highest BCUT2D eigenvalue weighted by Gasteiger charge is 2.34. The summed E-state index contributed by atoms with van der Waals surface area (Å²) in [6.45, 7) is 12.6. The number of sulfonamides is 1. The van der Waals surface area contributed by atoms with Crippen molar-refractivity contribution in [3.05, 3.63) is 18.2 Å². The second-order valence-corrected chi connectivity index (χ2v) is 11.0. The zero-order valence-corrected chi connectivity index (χ0v) is 18.6. The molecule has 1 aromatic rings. The first-order valence-electron chi connectivity index (χ1n) is 9.41. The van der Waals surface area contributed by atoms with E-state index in [1.165, 1.54) is 0 Å². The second-order valence-electron chi connectivity index (χ2n) is 9.17. The highest BCUT2D eigenvalue weighted by molar-refractivity contribution is 7.92. The molecule has 7 nitrogen and oxygen atoms in total. The van der Waals surface area contributed by atoms with Gasteiger partial charge in [0.25, 0.3) is 0 Å². The smallest absolute Gasteiger partial charge is 0.244 e. The van der Waals surface area contributed by atoms with Crippen LogP contribution in [0.15, 0.2) is 18.2 Å². The molecule has 0 unspecified atom stereocenters. The molecule has 1 amide bonds. The summed E-state index contributed by atoms with van der Waals surface area (Å²) >= 11 is 0. The van der Waals surface area contributed by atoms with E-state index in [9.17, 15) is 13.2 Å². The summed E-state index contributed by atoms with van der Waals surface area (Å²) in [4.78, 5) is 12.9. The second kappa shape index (κ2) is 7.81. The van der Waals surface area contributed by atoms with Gasteiger partial charge in [0.15, 0.2) is 11.5 Å². The van der Waals surface area contributed by atoms with Crippen LogP contribution >= 0.6 is 0 Å². The summed E-state index contributed by atoms with van der Waals surface area (Å²) < 4.78 is 37.2. The molecule has 28 heavy (non-hydrogen) atoms. The van der Waals surface area contributed by atoms with Gasteiger partial charge in [0.05, 0.1) is 11.9 Å². The van der Waals surface area contributed by atoms with E-state index in [-0.39, 0.29) is 11.3 Å². The highest BCUT2D eigenvalue weighted by Crippen LogP contribution is 2.35. The van der Waals surface area contributed by atoms with E-state index in [4.69, 9.17) is 9.47 Å². The van der Waals surface area contributed by atoms with E-state index in [0.29, 0.717) is 30.4 Å². The van der Waals surface area contributed by atoms with Crippen molar-refractivity contribution < 1.29 is 22.7 Å². The molecule has 0 saturated carbocycles. The van der Waals surface area contributed by atoms with Gasteiger partial charge in [-0.2, -0.15) is 0 Å². The molecular formula is C20H32N2O5S. The number of hydrogen-bond acceptors (Lipinski definition) is 5. The van der Waals surface area contributed by atoms with Crippen LogP contribution in [0.1, 0.15) is 48.0 Å². The Morgan fingerprint density at radius 1 is 1.14 bits per heavy atom. The third kappa shape index (κ3) is 5.77. The molecular weight excluding hydrogens is 380 g/mol. The molecule has 0 saturated heterocycles. The van der Waals surface area contributed by atoms with Crippen molar-refractivity contribution in [1.29, 1.82) is 0 Å². The fraction of sp³-hybridized carbons (Fsp3) is 0.650. The van der Waals surface area contributed by atoms with Crippen molar-refractivity contribution in [2.24, 2.45) is 5.41 Å². The molecule has 1 heterocycles. The summed E-state index contributed by atoms with van der Waals surface area (Å²) in [6.07, 6.45) is 1.84. The molecule has 0 aromatic heterocycles. The Hall–Kier alpha value is -1.96. The van der Waals surface area contributed by atoms with Gasteiger partial charge in [-0.1, -0.05) is 20.8 Å². The molecule has 2 rings (SSSR count). The van der Waals surface area contributed by atoms with E-state index in [2.05, 4.69) is 26.1 Å². The highest BCUT2D eigenvalue weighted by atomic mass is 32.2. The summed E-state index contributed by atoms with van der Waals surface area (Å²) in [6, 6.07) is 3.96. The van der Waals surface area contributed by atoms with Crippen LogP contribution in [-0.2, 0) is 14.8 Å². The predicted molar refractivity (Wildman–Crippen MR) is 111 cm³/mol. The minimum atomic E-state index is -3.70. The molecule has 0 spiro atoms. The average molecular weight is 413 g/mol. The lowest BCUT2D eigenvalue weighted by molar-refractivity contribution is -0.123. The maximum Gasteiger partial charge on any atom is 0.244 e. The molecule has 1 N–H and O–H groups in total. The van der Waals surface area contributed by atoms with Gasteiger partial charge in [0.1, 0.15) is 19.3 Å². The maximum atomic E-state index is 12.9. The quantitative estimate of drug-likeness (QED) is 0.776. The molecule has 0 bridgehead atoms. The fourth-order valence-corrected chi connectivity index (χ4v) is 4.95. The predicted octanol–water partition coefficient (Wildman–Crippen LogP) is 2.94. The Morgan fingerprint density at radius 2 is 1.71 bits per heavy atom. The van der Waals surface area contributed by atoms with Gasteiger partial charge in [-0.25, -0.2) is 8.42 Å². The summed E-state index contributed by atoms with van der Waals surface area (Å²) in [5.74, 6) is 0.680. The van der Waals surface area contributed by atoms with Crippen LogP contribution in [0.2, 0.25) is 0 Å². The van der Waals surface area contributed by atoms with Gasteiger partial charge in [-0.05, 0) is 44.7 Å². The maximum absolute atomic E-state index is 12.9. The molecule has 0 radical (unpaired) electrons. The Bertz CT molecular complexity index is 827. The first-order chi connectivity index (χ1) is 12.7. The summed E-state index contributed by atoms with van der Waals surface area (Å²) in [7, 11) is -3.70. The van der Waals surface area contributed by atoms with Crippen molar-refractivity contribution in [3.8, 4) is 11.5 Å². The van der Waals surface area contributed by atoms with Gasteiger partial charge in [0.2, 0.25) is 15.9 Å². The normalized spacial score (nSPS) is 15.7. The number of nitrogens with zero attached hydrogens (tertiary/aromatic N) is 1. The third-order valence-corrected chi connectivity index (χ3v) is 5.54. The van der Waals surface area contributed by atoms with Crippen molar-refractivity contribution >= 4 is 21.6 Å². The first-order valence-corrected chi connectivity index (χ1v) is 11.3. The van der Waals surface area contributed by atoms with Gasteiger partial charge in [0, 0.05) is 11.6 Å². The van der Waals surface area contributed by atoms with Crippen molar-refractivity contribution in [3.63, 3.8) is 0 Å². The number of ether oxygens (including phenoxy) is 2. The molecule has 1 aliphatic heterocycles. The number of benzene rings is 1.